The number of hydrogen-bond donors (Lipinski definition) is 1. The number of fused-ring (bicyclic) bond motifs is 1. The Morgan fingerprint density at radius 1 is 1.24 bits per heavy atom. The zero-order valence-electron chi connectivity index (χ0n) is 15.4. The van der Waals surface area contributed by atoms with Crippen molar-refractivity contribution in [1.82, 2.24) is 20.0 Å². The van der Waals surface area contributed by atoms with Crippen LogP contribution in [-0.2, 0) is 11.2 Å². The van der Waals surface area contributed by atoms with E-state index in [9.17, 15) is 9.59 Å². The molecule has 3 amide bonds. The monoisotopic (exact) mass is 344 g/mol. The van der Waals surface area contributed by atoms with Crippen molar-refractivity contribution in [2.75, 3.05) is 40.3 Å². The average Bonchev–Trinajstić information content (AvgIpc) is 2.55. The highest BCUT2D eigenvalue weighted by Gasteiger charge is 2.40. The highest BCUT2D eigenvalue weighted by atomic mass is 16.2. The topological polar surface area (TPSA) is 55.9 Å². The molecule has 2 aliphatic heterocycles. The number of carbonyl (C=O) groups is 2. The summed E-state index contributed by atoms with van der Waals surface area (Å²) >= 11 is 0. The van der Waals surface area contributed by atoms with Crippen molar-refractivity contribution in [2.45, 2.75) is 31.8 Å². The average molecular weight is 344 g/mol. The Bertz CT molecular complexity index is 640. The Morgan fingerprint density at radius 2 is 1.96 bits per heavy atom. The summed E-state index contributed by atoms with van der Waals surface area (Å²) in [5.74, 6) is 0.145. The molecule has 2 aliphatic rings. The lowest BCUT2D eigenvalue weighted by atomic mass is 9.88. The second kappa shape index (κ2) is 7.44. The van der Waals surface area contributed by atoms with Gasteiger partial charge in [-0.05, 0) is 24.5 Å². The van der Waals surface area contributed by atoms with E-state index in [1.807, 2.05) is 25.9 Å². The maximum Gasteiger partial charge on any atom is 0.317 e. The van der Waals surface area contributed by atoms with Gasteiger partial charge in [0.25, 0.3) is 0 Å². The number of amides is 3. The molecular weight excluding hydrogens is 316 g/mol. The summed E-state index contributed by atoms with van der Waals surface area (Å²) in [6.45, 7) is 4.99. The van der Waals surface area contributed by atoms with Crippen LogP contribution in [0.3, 0.4) is 0 Å². The first kappa shape index (κ1) is 17.7. The molecule has 1 aromatic carbocycles. The Kier molecular flexibility index (Phi) is 5.27. The molecule has 0 aromatic heterocycles. The standard InChI is InChI=1S/C19H28N4O2/c1-4-20-19(25)22-12-15(13-22)23-10-9-14-7-5-6-8-16(14)17(23)11-18(24)21(2)3/h5-8,15,17H,4,9-13H2,1-3H3,(H,20,25). The fourth-order valence-electron chi connectivity index (χ4n) is 3.78. The van der Waals surface area contributed by atoms with Gasteiger partial charge in [0.05, 0.1) is 0 Å². The zero-order valence-corrected chi connectivity index (χ0v) is 15.4. The van der Waals surface area contributed by atoms with Gasteiger partial charge in [-0.3, -0.25) is 9.69 Å². The molecule has 3 rings (SSSR count). The molecule has 0 radical (unpaired) electrons. The predicted molar refractivity (Wildman–Crippen MR) is 97.3 cm³/mol. The number of urea groups is 1. The molecule has 6 nitrogen and oxygen atoms in total. The third-order valence-corrected chi connectivity index (χ3v) is 5.27. The molecule has 1 aromatic rings. The lowest BCUT2D eigenvalue weighted by molar-refractivity contribution is -0.130. The van der Waals surface area contributed by atoms with Crippen LogP contribution in [0.25, 0.3) is 0 Å². The van der Waals surface area contributed by atoms with E-state index in [-0.39, 0.29) is 18.0 Å². The maximum atomic E-state index is 12.4. The summed E-state index contributed by atoms with van der Waals surface area (Å²) in [5.41, 5.74) is 2.61. The van der Waals surface area contributed by atoms with Crippen LogP contribution in [-0.4, -0.2) is 73.0 Å². The van der Waals surface area contributed by atoms with Crippen LogP contribution in [0.2, 0.25) is 0 Å². The molecule has 0 spiro atoms. The van der Waals surface area contributed by atoms with Gasteiger partial charge in [-0.1, -0.05) is 24.3 Å². The van der Waals surface area contributed by atoms with Crippen LogP contribution in [0.5, 0.6) is 0 Å². The smallest absolute Gasteiger partial charge is 0.317 e. The summed E-state index contributed by atoms with van der Waals surface area (Å²) in [4.78, 5) is 30.3. The summed E-state index contributed by atoms with van der Waals surface area (Å²) in [7, 11) is 3.61. The molecule has 1 fully saturated rings. The largest absolute Gasteiger partial charge is 0.349 e. The van der Waals surface area contributed by atoms with Crippen molar-refractivity contribution >= 4 is 11.9 Å². The first-order chi connectivity index (χ1) is 12.0. The van der Waals surface area contributed by atoms with Gasteiger partial charge in [-0.25, -0.2) is 4.79 Å². The van der Waals surface area contributed by atoms with Crippen molar-refractivity contribution < 1.29 is 9.59 Å². The van der Waals surface area contributed by atoms with Crippen LogP contribution < -0.4 is 5.32 Å². The van der Waals surface area contributed by atoms with E-state index in [2.05, 4.69) is 34.5 Å². The van der Waals surface area contributed by atoms with E-state index >= 15 is 0 Å². The Hall–Kier alpha value is -2.08. The fraction of sp³-hybridized carbons (Fsp3) is 0.579. The SMILES string of the molecule is CCNC(=O)N1CC(N2CCc3ccccc3C2CC(=O)N(C)C)C1. The summed E-state index contributed by atoms with van der Waals surface area (Å²) in [5, 5.41) is 2.85. The van der Waals surface area contributed by atoms with Gasteiger partial charge < -0.3 is 15.1 Å². The molecule has 25 heavy (non-hydrogen) atoms. The van der Waals surface area contributed by atoms with Crippen molar-refractivity contribution in [3.63, 3.8) is 0 Å². The van der Waals surface area contributed by atoms with Crippen LogP contribution in [0, 0.1) is 0 Å². The van der Waals surface area contributed by atoms with E-state index in [1.54, 1.807) is 4.90 Å². The molecule has 1 unspecified atom stereocenters. The van der Waals surface area contributed by atoms with Gasteiger partial charge in [0, 0.05) is 58.8 Å². The van der Waals surface area contributed by atoms with Gasteiger partial charge in [-0.15, -0.1) is 0 Å². The first-order valence-electron chi connectivity index (χ1n) is 9.07. The Balaban J connectivity index is 1.74. The van der Waals surface area contributed by atoms with Crippen molar-refractivity contribution in [3.8, 4) is 0 Å². The normalized spacial score (nSPS) is 20.6. The molecule has 2 heterocycles. The third kappa shape index (κ3) is 3.63. The number of carbonyl (C=O) groups excluding carboxylic acids is 2. The third-order valence-electron chi connectivity index (χ3n) is 5.27. The van der Waals surface area contributed by atoms with Crippen molar-refractivity contribution in [1.29, 1.82) is 0 Å². The van der Waals surface area contributed by atoms with Gasteiger partial charge >= 0.3 is 6.03 Å². The molecule has 0 bridgehead atoms. The second-order valence-corrected chi connectivity index (χ2v) is 7.09. The molecule has 0 saturated carbocycles. The van der Waals surface area contributed by atoms with Crippen LogP contribution >= 0.6 is 0 Å². The summed E-state index contributed by atoms with van der Waals surface area (Å²) < 4.78 is 0. The van der Waals surface area contributed by atoms with E-state index in [1.165, 1.54) is 11.1 Å². The molecule has 136 valence electrons. The number of nitrogens with one attached hydrogen (secondary N) is 1. The van der Waals surface area contributed by atoms with Crippen LogP contribution in [0.4, 0.5) is 4.79 Å². The quantitative estimate of drug-likeness (QED) is 0.900. The lowest BCUT2D eigenvalue weighted by Crippen LogP contribution is -2.64. The summed E-state index contributed by atoms with van der Waals surface area (Å²) in [6, 6.07) is 8.88. The highest BCUT2D eigenvalue weighted by Crippen LogP contribution is 2.36. The number of nitrogens with zero attached hydrogens (tertiary/aromatic N) is 3. The van der Waals surface area contributed by atoms with E-state index in [0.717, 1.165) is 26.1 Å². The zero-order chi connectivity index (χ0) is 18.0. The van der Waals surface area contributed by atoms with Crippen LogP contribution in [0.15, 0.2) is 24.3 Å². The van der Waals surface area contributed by atoms with Gasteiger partial charge in [0.2, 0.25) is 5.91 Å². The molecule has 6 heteroatoms. The Labute approximate surface area is 149 Å². The molecular formula is C19H28N4O2. The van der Waals surface area contributed by atoms with Gasteiger partial charge in [0.15, 0.2) is 0 Å². The molecule has 0 aliphatic carbocycles. The minimum atomic E-state index is 0.0112. The van der Waals surface area contributed by atoms with Gasteiger partial charge in [-0.2, -0.15) is 0 Å². The molecule has 1 saturated heterocycles. The van der Waals surface area contributed by atoms with Crippen LogP contribution in [0.1, 0.15) is 30.5 Å². The Morgan fingerprint density at radius 3 is 2.64 bits per heavy atom. The van der Waals surface area contributed by atoms with E-state index in [0.29, 0.717) is 19.0 Å². The minimum absolute atomic E-state index is 0.0112. The second-order valence-electron chi connectivity index (χ2n) is 7.09. The predicted octanol–water partition coefficient (Wildman–Crippen LogP) is 1.48. The molecule has 1 N–H and O–H groups in total. The highest BCUT2D eigenvalue weighted by molar-refractivity contribution is 5.77. The van der Waals surface area contributed by atoms with E-state index in [4.69, 9.17) is 0 Å². The number of rotatable bonds is 4. The number of hydrogen-bond acceptors (Lipinski definition) is 3. The lowest BCUT2D eigenvalue weighted by Gasteiger charge is -2.50. The minimum Gasteiger partial charge on any atom is -0.349 e. The van der Waals surface area contributed by atoms with Crippen molar-refractivity contribution in [2.24, 2.45) is 0 Å². The number of benzene rings is 1. The first-order valence-corrected chi connectivity index (χ1v) is 9.07. The molecule has 1 atom stereocenters. The summed E-state index contributed by atoms with van der Waals surface area (Å²) in [6.07, 6.45) is 1.49. The van der Waals surface area contributed by atoms with Crippen molar-refractivity contribution in [3.05, 3.63) is 35.4 Å². The van der Waals surface area contributed by atoms with Gasteiger partial charge in [0.1, 0.15) is 0 Å². The number of likely N-dealkylation sites (tertiary alicyclic amines) is 1. The van der Waals surface area contributed by atoms with E-state index < -0.39 is 0 Å². The maximum absolute atomic E-state index is 12.4. The fourth-order valence-corrected chi connectivity index (χ4v) is 3.78.